The lowest BCUT2D eigenvalue weighted by Crippen LogP contribution is -1.98. The van der Waals surface area contributed by atoms with Crippen molar-refractivity contribution < 1.29 is 0 Å². The van der Waals surface area contributed by atoms with Crippen LogP contribution in [0, 0.1) is 0 Å². The van der Waals surface area contributed by atoms with E-state index in [0.29, 0.717) is 0 Å². The molecule has 13 rings (SSSR count). The summed E-state index contributed by atoms with van der Waals surface area (Å²) in [6.07, 6.45) is 0. The van der Waals surface area contributed by atoms with Gasteiger partial charge in [0.15, 0.2) is 0 Å². The molecule has 0 aliphatic heterocycles. The van der Waals surface area contributed by atoms with E-state index in [9.17, 15) is 0 Å². The third-order valence-electron chi connectivity index (χ3n) is 12.9. The monoisotopic (exact) mass is 772 g/mol. The molecule has 0 amide bonds. The molecule has 0 radical (unpaired) electrons. The van der Waals surface area contributed by atoms with Gasteiger partial charge in [-0.05, 0) is 136 Å². The van der Waals surface area contributed by atoms with Gasteiger partial charge in [0.1, 0.15) is 5.82 Å². The highest BCUT2D eigenvalue weighted by atomic mass is 15.0. The molecule has 0 N–H and O–H groups in total. The second-order valence-electron chi connectivity index (χ2n) is 16.3. The highest BCUT2D eigenvalue weighted by Gasteiger charge is 2.20. The topological polar surface area (TPSA) is 17.3 Å². The van der Waals surface area contributed by atoms with Crippen LogP contribution in [0.25, 0.3) is 126 Å². The molecular weight excluding hydrogens is 737 g/mol. The van der Waals surface area contributed by atoms with Crippen molar-refractivity contribution in [2.45, 2.75) is 0 Å². The number of para-hydroxylation sites is 1. The Labute approximate surface area is 352 Å². The fourth-order valence-electron chi connectivity index (χ4n) is 9.96. The van der Waals surface area contributed by atoms with Crippen molar-refractivity contribution in [1.29, 1.82) is 0 Å². The van der Waals surface area contributed by atoms with Gasteiger partial charge in [-0.15, -0.1) is 0 Å². The Balaban J connectivity index is 1.07. The van der Waals surface area contributed by atoms with Crippen LogP contribution < -0.4 is 0 Å². The fraction of sp³-hybridized carbons (Fsp3) is 0. The van der Waals surface area contributed by atoms with Crippen molar-refractivity contribution in [3.8, 4) is 44.8 Å². The van der Waals surface area contributed by atoms with E-state index in [1.807, 2.05) is 0 Å². The van der Waals surface area contributed by atoms with E-state index in [1.54, 1.807) is 0 Å². The summed E-state index contributed by atoms with van der Waals surface area (Å²) in [4.78, 5) is 5.43. The summed E-state index contributed by atoms with van der Waals surface area (Å²) in [5.41, 5.74) is 11.7. The lowest BCUT2D eigenvalue weighted by molar-refractivity contribution is 1.18. The Morgan fingerprint density at radius 2 is 0.705 bits per heavy atom. The van der Waals surface area contributed by atoms with Gasteiger partial charge in [-0.2, -0.15) is 0 Å². The molecule has 0 bridgehead atoms. The molecule has 282 valence electrons. The fourth-order valence-corrected chi connectivity index (χ4v) is 9.96. The number of benzene rings is 11. The average molecular weight is 773 g/mol. The first kappa shape index (κ1) is 33.9. The number of nitrogens with zero attached hydrogens (tertiary/aromatic N) is 2. The van der Waals surface area contributed by atoms with E-state index in [4.69, 9.17) is 4.98 Å². The van der Waals surface area contributed by atoms with Crippen LogP contribution in [0.1, 0.15) is 0 Å². The minimum Gasteiger partial charge on any atom is -0.293 e. The van der Waals surface area contributed by atoms with Gasteiger partial charge in [-0.25, -0.2) is 4.98 Å². The van der Waals surface area contributed by atoms with Crippen LogP contribution in [-0.2, 0) is 0 Å². The Bertz CT molecular complexity index is 3950. The van der Waals surface area contributed by atoms with Gasteiger partial charge in [0, 0.05) is 16.3 Å². The molecule has 2 heterocycles. The van der Waals surface area contributed by atoms with Crippen molar-refractivity contribution in [2.75, 3.05) is 0 Å². The third kappa shape index (κ3) is 5.32. The van der Waals surface area contributed by atoms with Crippen molar-refractivity contribution in [1.82, 2.24) is 9.38 Å². The molecule has 0 aliphatic carbocycles. The molecule has 0 atom stereocenters. The molecule has 2 aromatic heterocycles. The zero-order valence-electron chi connectivity index (χ0n) is 33.2. The zero-order chi connectivity index (χ0) is 40.0. The predicted octanol–water partition coefficient (Wildman–Crippen LogP) is 16.1. The zero-order valence-corrected chi connectivity index (χ0v) is 33.2. The van der Waals surface area contributed by atoms with Gasteiger partial charge in [0.2, 0.25) is 0 Å². The smallest absolute Gasteiger partial charge is 0.145 e. The van der Waals surface area contributed by atoms with Crippen molar-refractivity contribution in [2.24, 2.45) is 0 Å². The molecular formula is C59H36N2. The van der Waals surface area contributed by atoms with Crippen LogP contribution >= 0.6 is 0 Å². The number of aromatic nitrogens is 2. The number of fused-ring (bicyclic) bond motifs is 10. The van der Waals surface area contributed by atoms with E-state index >= 15 is 0 Å². The van der Waals surface area contributed by atoms with Gasteiger partial charge >= 0.3 is 0 Å². The van der Waals surface area contributed by atoms with Crippen LogP contribution in [0.5, 0.6) is 0 Å². The second kappa shape index (κ2) is 13.2. The Morgan fingerprint density at radius 3 is 1.33 bits per heavy atom. The normalized spacial score (nSPS) is 11.9. The van der Waals surface area contributed by atoms with Crippen LogP contribution in [0.15, 0.2) is 218 Å². The lowest BCUT2D eigenvalue weighted by atomic mass is 9.84. The molecule has 2 heteroatoms. The highest BCUT2D eigenvalue weighted by molar-refractivity contribution is 6.23. The van der Waals surface area contributed by atoms with E-state index in [2.05, 4.69) is 223 Å². The number of hydrogen-bond acceptors (Lipinski definition) is 1. The summed E-state index contributed by atoms with van der Waals surface area (Å²) in [7, 11) is 0. The maximum absolute atomic E-state index is 5.43. The molecule has 0 spiro atoms. The Hall–Kier alpha value is -8.07. The summed E-state index contributed by atoms with van der Waals surface area (Å²) >= 11 is 0. The first-order chi connectivity index (χ1) is 30.2. The molecule has 2 nitrogen and oxygen atoms in total. The maximum atomic E-state index is 5.43. The highest BCUT2D eigenvalue weighted by Crippen LogP contribution is 2.46. The van der Waals surface area contributed by atoms with Crippen LogP contribution in [0.3, 0.4) is 0 Å². The average Bonchev–Trinajstić information content (AvgIpc) is 3.72. The van der Waals surface area contributed by atoms with Crippen molar-refractivity contribution in [3.63, 3.8) is 0 Å². The minimum absolute atomic E-state index is 0.945. The largest absolute Gasteiger partial charge is 0.293 e. The lowest BCUT2D eigenvalue weighted by Gasteiger charge is -2.19. The molecule has 13 aromatic rings. The van der Waals surface area contributed by atoms with Gasteiger partial charge in [-0.1, -0.05) is 170 Å². The van der Waals surface area contributed by atoms with Crippen LogP contribution in [0.4, 0.5) is 0 Å². The maximum Gasteiger partial charge on any atom is 0.145 e. The second-order valence-corrected chi connectivity index (χ2v) is 16.3. The van der Waals surface area contributed by atoms with Gasteiger partial charge < -0.3 is 0 Å². The standard InChI is InChI=1S/C59H36N2/c1-4-14-40-31-46(24-21-37(40)11-1)57-49-18-8-9-19-50(49)58(47-25-22-38-12-2-5-15-41(38)32-47)52-34-43(27-29-51(52)57)44-28-30-54-53(35-44)56-36-45-17-7-10-20-55(45)61(56)59(60-54)48-26-23-39-13-3-6-16-42(39)33-48/h1-36H. The van der Waals surface area contributed by atoms with Crippen LogP contribution in [-0.4, -0.2) is 9.38 Å². The first-order valence-corrected chi connectivity index (χ1v) is 21.0. The first-order valence-electron chi connectivity index (χ1n) is 21.0. The predicted molar refractivity (Wildman–Crippen MR) is 259 cm³/mol. The molecule has 0 saturated heterocycles. The quantitative estimate of drug-likeness (QED) is 0.163. The minimum atomic E-state index is 0.945. The Morgan fingerprint density at radius 1 is 0.262 bits per heavy atom. The number of rotatable bonds is 4. The van der Waals surface area contributed by atoms with Crippen molar-refractivity contribution >= 4 is 81.2 Å². The summed E-state index contributed by atoms with van der Waals surface area (Å²) in [5.74, 6) is 0.945. The SMILES string of the molecule is c1ccc2cc(-c3c4ccccc4c(-c4ccc5ccccc5c4)c4cc(-c5ccc6nc(-c7ccc8ccccc8c7)n7c8ccccc8cc7c6c5)ccc34)ccc2c1. The molecule has 0 aliphatic rings. The molecule has 11 aromatic carbocycles. The number of hydrogen-bond donors (Lipinski definition) is 0. The summed E-state index contributed by atoms with van der Waals surface area (Å²) in [6.45, 7) is 0. The molecule has 61 heavy (non-hydrogen) atoms. The molecule has 0 saturated carbocycles. The third-order valence-corrected chi connectivity index (χ3v) is 12.9. The van der Waals surface area contributed by atoms with E-state index < -0.39 is 0 Å². The van der Waals surface area contributed by atoms with E-state index in [-0.39, 0.29) is 0 Å². The van der Waals surface area contributed by atoms with Crippen molar-refractivity contribution in [3.05, 3.63) is 218 Å². The Kier molecular flexibility index (Phi) is 7.34. The van der Waals surface area contributed by atoms with E-state index in [0.717, 1.165) is 38.9 Å². The van der Waals surface area contributed by atoms with E-state index in [1.165, 1.54) is 87.1 Å². The summed E-state index contributed by atoms with van der Waals surface area (Å²) in [5, 5.41) is 14.7. The molecule has 0 unspecified atom stereocenters. The van der Waals surface area contributed by atoms with Crippen LogP contribution in [0.2, 0.25) is 0 Å². The van der Waals surface area contributed by atoms with Gasteiger partial charge in [0.05, 0.1) is 16.6 Å². The molecule has 0 fully saturated rings. The summed E-state index contributed by atoms with van der Waals surface area (Å²) < 4.78 is 2.35. The van der Waals surface area contributed by atoms with Gasteiger partial charge in [0.25, 0.3) is 0 Å². The van der Waals surface area contributed by atoms with Gasteiger partial charge in [-0.3, -0.25) is 4.40 Å². The summed E-state index contributed by atoms with van der Waals surface area (Å²) in [6, 6.07) is 80.2.